The van der Waals surface area contributed by atoms with Gasteiger partial charge >= 0.3 is 10.4 Å². The minimum absolute atomic E-state index is 0.174. The second-order valence-corrected chi connectivity index (χ2v) is 10.3. The predicted molar refractivity (Wildman–Crippen MR) is 94.1 cm³/mol. The van der Waals surface area contributed by atoms with Crippen molar-refractivity contribution in [3.8, 4) is 0 Å². The Kier molecular flexibility index (Phi) is 4.15. The van der Waals surface area contributed by atoms with E-state index in [-0.39, 0.29) is 16.9 Å². The van der Waals surface area contributed by atoms with Crippen molar-refractivity contribution in [3.63, 3.8) is 0 Å². The Morgan fingerprint density at radius 3 is 2.60 bits per heavy atom. The Morgan fingerprint density at radius 2 is 1.88 bits per heavy atom. The fourth-order valence-corrected chi connectivity index (χ4v) is 7.51. The summed E-state index contributed by atoms with van der Waals surface area (Å²) in [7, 11) is -4.40. The molecule has 0 aromatic heterocycles. The number of hydrogen-bond donors (Lipinski definition) is 2. The molecule has 4 rings (SSSR count). The highest BCUT2D eigenvalue weighted by Gasteiger charge is 2.59. The molecule has 0 aromatic rings. The number of aliphatic hydroxyl groups is 1. The molecule has 0 bridgehead atoms. The highest BCUT2D eigenvalue weighted by atomic mass is 32.3. The molecule has 142 valence electrons. The van der Waals surface area contributed by atoms with Crippen molar-refractivity contribution in [2.24, 2.45) is 28.6 Å². The maximum Gasteiger partial charge on any atom is 0.397 e. The van der Waals surface area contributed by atoms with Gasteiger partial charge in [0.2, 0.25) is 0 Å². The van der Waals surface area contributed by atoms with Crippen molar-refractivity contribution in [1.82, 2.24) is 0 Å². The van der Waals surface area contributed by atoms with Crippen LogP contribution in [0.2, 0.25) is 0 Å². The van der Waals surface area contributed by atoms with E-state index in [9.17, 15) is 13.5 Å². The van der Waals surface area contributed by atoms with E-state index in [1.807, 2.05) is 0 Å². The van der Waals surface area contributed by atoms with Gasteiger partial charge in [0, 0.05) is 0 Å². The van der Waals surface area contributed by atoms with Gasteiger partial charge in [-0.2, -0.15) is 8.42 Å². The summed E-state index contributed by atoms with van der Waals surface area (Å²) < 4.78 is 36.7. The molecule has 7 atom stereocenters. The molecule has 0 aliphatic heterocycles. The predicted octanol–water partition coefficient (Wildman–Crippen LogP) is 3.50. The van der Waals surface area contributed by atoms with Gasteiger partial charge in [0.25, 0.3) is 0 Å². The van der Waals surface area contributed by atoms with Gasteiger partial charge in [-0.3, -0.25) is 4.55 Å². The molecule has 4 aliphatic carbocycles. The Bertz CT molecular complexity index is 686. The number of fused-ring (bicyclic) bond motifs is 5. The molecule has 0 heterocycles. The molecular formula is C19H30O5S. The second-order valence-electron chi connectivity index (χ2n) is 9.29. The molecule has 7 unspecified atom stereocenters. The first kappa shape index (κ1) is 18.0. The maximum atomic E-state index is 11.3. The SMILES string of the molecule is CC12CCC(O)CC1=CCC1C2CCC2(C)C(OS(=O)(=O)O)CCC12. The number of allylic oxidation sites excluding steroid dienone is 1. The second kappa shape index (κ2) is 5.78. The zero-order valence-electron chi connectivity index (χ0n) is 15.1. The van der Waals surface area contributed by atoms with Crippen LogP contribution in [-0.4, -0.2) is 30.3 Å². The van der Waals surface area contributed by atoms with Crippen LogP contribution >= 0.6 is 0 Å². The van der Waals surface area contributed by atoms with Gasteiger partial charge in [-0.05, 0) is 80.0 Å². The van der Waals surface area contributed by atoms with E-state index in [2.05, 4.69) is 19.9 Å². The van der Waals surface area contributed by atoms with E-state index in [1.54, 1.807) is 0 Å². The molecule has 0 amide bonds. The van der Waals surface area contributed by atoms with Crippen molar-refractivity contribution in [2.45, 2.75) is 77.4 Å². The molecule has 25 heavy (non-hydrogen) atoms. The zero-order valence-corrected chi connectivity index (χ0v) is 16.0. The van der Waals surface area contributed by atoms with Crippen molar-refractivity contribution < 1.29 is 22.3 Å². The average molecular weight is 371 g/mol. The molecule has 0 saturated heterocycles. The quantitative estimate of drug-likeness (QED) is 0.574. The van der Waals surface area contributed by atoms with E-state index in [0.29, 0.717) is 24.2 Å². The zero-order chi connectivity index (χ0) is 18.0. The van der Waals surface area contributed by atoms with Crippen LogP contribution in [0.15, 0.2) is 11.6 Å². The van der Waals surface area contributed by atoms with Crippen LogP contribution in [0.3, 0.4) is 0 Å². The normalized spacial score (nSPS) is 49.8. The third-order valence-electron chi connectivity index (χ3n) is 8.23. The molecule has 0 radical (unpaired) electrons. The van der Waals surface area contributed by atoms with Crippen molar-refractivity contribution in [2.75, 3.05) is 0 Å². The highest BCUT2D eigenvalue weighted by molar-refractivity contribution is 7.80. The van der Waals surface area contributed by atoms with Crippen LogP contribution in [0, 0.1) is 28.6 Å². The summed E-state index contributed by atoms with van der Waals surface area (Å²) in [6.45, 7) is 4.54. The molecule has 3 saturated carbocycles. The average Bonchev–Trinajstić information content (AvgIpc) is 2.83. The molecule has 4 aliphatic rings. The lowest BCUT2D eigenvalue weighted by Crippen LogP contribution is -2.51. The van der Waals surface area contributed by atoms with Crippen LogP contribution < -0.4 is 0 Å². The van der Waals surface area contributed by atoms with Crippen LogP contribution in [0.1, 0.15) is 65.2 Å². The van der Waals surface area contributed by atoms with E-state index < -0.39 is 16.5 Å². The third kappa shape index (κ3) is 2.80. The Morgan fingerprint density at radius 1 is 1.12 bits per heavy atom. The summed E-state index contributed by atoms with van der Waals surface area (Å²) in [6.07, 6.45) is 9.25. The molecule has 0 aromatic carbocycles. The standard InChI is InChI=1S/C19H30O5S/c1-18-9-7-13(20)11-12(18)3-4-14-15-5-6-17(24-25(21,22)23)19(15,2)10-8-16(14)18/h3,13-17,20H,4-11H2,1-2H3,(H,21,22,23). The third-order valence-corrected chi connectivity index (χ3v) is 8.70. The summed E-state index contributed by atoms with van der Waals surface area (Å²) in [5.74, 6) is 1.61. The van der Waals surface area contributed by atoms with Gasteiger partial charge in [0.05, 0.1) is 12.2 Å². The molecule has 5 nitrogen and oxygen atoms in total. The van der Waals surface area contributed by atoms with Gasteiger partial charge in [-0.15, -0.1) is 0 Å². The smallest absolute Gasteiger partial charge is 0.393 e. The highest BCUT2D eigenvalue weighted by Crippen LogP contribution is 2.65. The minimum Gasteiger partial charge on any atom is -0.393 e. The summed E-state index contributed by atoms with van der Waals surface area (Å²) in [4.78, 5) is 0. The molecule has 2 N–H and O–H groups in total. The summed E-state index contributed by atoms with van der Waals surface area (Å²) >= 11 is 0. The number of rotatable bonds is 2. The van der Waals surface area contributed by atoms with Gasteiger partial charge in [0.1, 0.15) is 0 Å². The topological polar surface area (TPSA) is 83.8 Å². The lowest BCUT2D eigenvalue weighted by Gasteiger charge is -2.57. The van der Waals surface area contributed by atoms with E-state index in [4.69, 9.17) is 8.74 Å². The number of hydrogen-bond acceptors (Lipinski definition) is 4. The molecular weight excluding hydrogens is 340 g/mol. The molecule has 6 heteroatoms. The maximum absolute atomic E-state index is 11.3. The van der Waals surface area contributed by atoms with Gasteiger partial charge in [-0.25, -0.2) is 4.18 Å². The van der Waals surface area contributed by atoms with Crippen molar-refractivity contribution in [1.29, 1.82) is 0 Å². The van der Waals surface area contributed by atoms with Crippen molar-refractivity contribution in [3.05, 3.63) is 11.6 Å². The lowest BCUT2D eigenvalue weighted by atomic mass is 9.48. The first-order valence-corrected chi connectivity index (χ1v) is 11.0. The van der Waals surface area contributed by atoms with Crippen LogP contribution in [0.25, 0.3) is 0 Å². The van der Waals surface area contributed by atoms with Gasteiger partial charge in [0.15, 0.2) is 0 Å². The van der Waals surface area contributed by atoms with E-state index in [1.165, 1.54) is 5.57 Å². The van der Waals surface area contributed by atoms with E-state index >= 15 is 0 Å². The van der Waals surface area contributed by atoms with Crippen LogP contribution in [-0.2, 0) is 14.6 Å². The molecule has 0 spiro atoms. The summed E-state index contributed by atoms with van der Waals surface area (Å²) in [6, 6.07) is 0. The molecule has 3 fully saturated rings. The summed E-state index contributed by atoms with van der Waals surface area (Å²) in [5, 5.41) is 10.1. The Labute approximate surface area is 150 Å². The lowest BCUT2D eigenvalue weighted by molar-refractivity contribution is -0.0655. The monoisotopic (exact) mass is 370 g/mol. The Balaban J connectivity index is 1.62. The van der Waals surface area contributed by atoms with Crippen LogP contribution in [0.5, 0.6) is 0 Å². The van der Waals surface area contributed by atoms with Crippen molar-refractivity contribution >= 4 is 10.4 Å². The van der Waals surface area contributed by atoms with Gasteiger partial charge < -0.3 is 5.11 Å². The van der Waals surface area contributed by atoms with Gasteiger partial charge in [-0.1, -0.05) is 25.5 Å². The first-order valence-electron chi connectivity index (χ1n) is 9.67. The van der Waals surface area contributed by atoms with E-state index in [0.717, 1.165) is 44.9 Å². The Hall–Kier alpha value is -0.430. The summed E-state index contributed by atoms with van der Waals surface area (Å²) in [5.41, 5.74) is 1.46. The fraction of sp³-hybridized carbons (Fsp3) is 0.895. The minimum atomic E-state index is -4.40. The largest absolute Gasteiger partial charge is 0.397 e. The number of aliphatic hydroxyl groups excluding tert-OH is 1. The first-order chi connectivity index (χ1) is 11.6. The fourth-order valence-electron chi connectivity index (χ4n) is 6.90. The van der Waals surface area contributed by atoms with Crippen LogP contribution in [0.4, 0.5) is 0 Å².